The average Bonchev–Trinajstić information content (AvgIpc) is 2.30. The highest BCUT2D eigenvalue weighted by molar-refractivity contribution is 9.10. The maximum atomic E-state index is 5.71. The number of rotatable bonds is 0. The second-order valence-electron chi connectivity index (χ2n) is 2.74. The van der Waals surface area contributed by atoms with Crippen LogP contribution in [0.15, 0.2) is 22.8 Å². The van der Waals surface area contributed by atoms with Crippen LogP contribution in [-0.4, -0.2) is 9.78 Å². The van der Waals surface area contributed by atoms with Gasteiger partial charge in [-0.25, -0.2) is 0 Å². The number of aromatic nitrogens is 2. The zero-order valence-corrected chi connectivity index (χ0v) is 8.17. The summed E-state index contributed by atoms with van der Waals surface area (Å²) >= 11 is 3.35. The summed E-state index contributed by atoms with van der Waals surface area (Å²) in [6, 6.07) is 3.83. The number of aryl methyl sites for hydroxylation is 1. The van der Waals surface area contributed by atoms with Crippen molar-refractivity contribution < 1.29 is 0 Å². The number of benzene rings is 1. The molecule has 62 valence electrons. The Morgan fingerprint density at radius 3 is 3.00 bits per heavy atom. The van der Waals surface area contributed by atoms with Gasteiger partial charge >= 0.3 is 0 Å². The SMILES string of the molecule is Cn1cc2cc(N)c(Br)cc2n1. The Morgan fingerprint density at radius 2 is 2.25 bits per heavy atom. The number of hydrogen-bond donors (Lipinski definition) is 1. The maximum absolute atomic E-state index is 5.71. The third kappa shape index (κ3) is 1.08. The molecule has 4 heteroatoms. The third-order valence-electron chi connectivity index (χ3n) is 1.74. The highest BCUT2D eigenvalue weighted by Crippen LogP contribution is 2.24. The van der Waals surface area contributed by atoms with Crippen LogP contribution in [0.2, 0.25) is 0 Å². The van der Waals surface area contributed by atoms with Crippen molar-refractivity contribution in [2.24, 2.45) is 7.05 Å². The van der Waals surface area contributed by atoms with Gasteiger partial charge in [-0.05, 0) is 28.1 Å². The fraction of sp³-hybridized carbons (Fsp3) is 0.125. The van der Waals surface area contributed by atoms with Gasteiger partial charge in [0.2, 0.25) is 0 Å². The molecule has 0 unspecified atom stereocenters. The minimum absolute atomic E-state index is 0.746. The van der Waals surface area contributed by atoms with Crippen LogP contribution in [0.3, 0.4) is 0 Å². The lowest BCUT2D eigenvalue weighted by molar-refractivity contribution is 0.779. The Hall–Kier alpha value is -1.03. The maximum Gasteiger partial charge on any atom is 0.0935 e. The van der Waals surface area contributed by atoms with Gasteiger partial charge in [0, 0.05) is 28.8 Å². The molecule has 1 aromatic carbocycles. The van der Waals surface area contributed by atoms with Gasteiger partial charge in [-0.3, -0.25) is 4.68 Å². The molecule has 1 aromatic heterocycles. The molecule has 12 heavy (non-hydrogen) atoms. The van der Waals surface area contributed by atoms with Crippen LogP contribution in [-0.2, 0) is 7.05 Å². The Bertz CT molecular complexity index is 394. The first-order valence-corrected chi connectivity index (χ1v) is 4.34. The smallest absolute Gasteiger partial charge is 0.0935 e. The fourth-order valence-electron chi connectivity index (χ4n) is 1.19. The van der Waals surface area contributed by atoms with Crippen molar-refractivity contribution >= 4 is 32.5 Å². The summed E-state index contributed by atoms with van der Waals surface area (Å²) in [5.74, 6) is 0. The number of hydrogen-bond acceptors (Lipinski definition) is 2. The average molecular weight is 226 g/mol. The monoisotopic (exact) mass is 225 g/mol. The molecule has 0 amide bonds. The zero-order valence-electron chi connectivity index (χ0n) is 6.58. The number of nitrogens with zero attached hydrogens (tertiary/aromatic N) is 2. The first-order valence-electron chi connectivity index (χ1n) is 3.55. The quantitative estimate of drug-likeness (QED) is 0.697. The van der Waals surface area contributed by atoms with Gasteiger partial charge in [-0.15, -0.1) is 0 Å². The molecule has 0 aliphatic heterocycles. The first-order chi connectivity index (χ1) is 5.66. The van der Waals surface area contributed by atoms with Gasteiger partial charge in [0.15, 0.2) is 0 Å². The van der Waals surface area contributed by atoms with E-state index >= 15 is 0 Å². The van der Waals surface area contributed by atoms with Gasteiger partial charge in [0.25, 0.3) is 0 Å². The Morgan fingerprint density at radius 1 is 1.50 bits per heavy atom. The second-order valence-corrected chi connectivity index (χ2v) is 3.59. The minimum Gasteiger partial charge on any atom is -0.398 e. The summed E-state index contributed by atoms with van der Waals surface area (Å²) in [5.41, 5.74) is 7.41. The number of halogens is 1. The predicted octanol–water partition coefficient (Wildman–Crippen LogP) is 1.92. The van der Waals surface area contributed by atoms with E-state index in [1.54, 1.807) is 4.68 Å². The minimum atomic E-state index is 0.746. The van der Waals surface area contributed by atoms with Crippen LogP contribution in [0.1, 0.15) is 0 Å². The van der Waals surface area contributed by atoms with Gasteiger partial charge in [0.1, 0.15) is 0 Å². The largest absolute Gasteiger partial charge is 0.398 e. The van der Waals surface area contributed by atoms with E-state index in [1.165, 1.54) is 0 Å². The molecular weight excluding hydrogens is 218 g/mol. The van der Waals surface area contributed by atoms with Crippen molar-refractivity contribution in [3.63, 3.8) is 0 Å². The molecule has 2 rings (SSSR count). The lowest BCUT2D eigenvalue weighted by Crippen LogP contribution is -1.86. The van der Waals surface area contributed by atoms with Crippen molar-refractivity contribution in [1.82, 2.24) is 9.78 Å². The molecule has 0 fully saturated rings. The highest BCUT2D eigenvalue weighted by atomic mass is 79.9. The standard InChI is InChI=1S/C8H8BrN3/c1-12-4-5-2-7(10)6(9)3-8(5)11-12/h2-4H,10H2,1H3. The van der Waals surface area contributed by atoms with Gasteiger partial charge in [0.05, 0.1) is 5.52 Å². The number of nitrogens with two attached hydrogens (primary N) is 1. The summed E-state index contributed by atoms with van der Waals surface area (Å²) in [4.78, 5) is 0. The normalized spacial score (nSPS) is 10.8. The molecule has 0 aliphatic rings. The summed E-state index contributed by atoms with van der Waals surface area (Å²) in [6.45, 7) is 0. The molecule has 1 heterocycles. The van der Waals surface area contributed by atoms with E-state index in [1.807, 2.05) is 25.4 Å². The third-order valence-corrected chi connectivity index (χ3v) is 2.42. The van der Waals surface area contributed by atoms with Crippen molar-refractivity contribution in [3.05, 3.63) is 22.8 Å². The van der Waals surface area contributed by atoms with E-state index in [9.17, 15) is 0 Å². The van der Waals surface area contributed by atoms with Crippen LogP contribution < -0.4 is 5.73 Å². The summed E-state index contributed by atoms with van der Waals surface area (Å²) in [5, 5.41) is 5.31. The van der Waals surface area contributed by atoms with E-state index < -0.39 is 0 Å². The zero-order chi connectivity index (χ0) is 8.72. The van der Waals surface area contributed by atoms with E-state index in [2.05, 4.69) is 21.0 Å². The highest BCUT2D eigenvalue weighted by Gasteiger charge is 2.01. The van der Waals surface area contributed by atoms with E-state index in [0.29, 0.717) is 0 Å². The van der Waals surface area contributed by atoms with Crippen molar-refractivity contribution in [2.45, 2.75) is 0 Å². The Balaban J connectivity index is 2.83. The fourth-order valence-corrected chi connectivity index (χ4v) is 1.52. The molecule has 0 bridgehead atoms. The lowest BCUT2D eigenvalue weighted by Gasteiger charge is -1.95. The molecule has 0 atom stereocenters. The van der Waals surface area contributed by atoms with Crippen LogP contribution >= 0.6 is 15.9 Å². The van der Waals surface area contributed by atoms with E-state index in [4.69, 9.17) is 5.73 Å². The number of nitrogen functional groups attached to an aromatic ring is 1. The van der Waals surface area contributed by atoms with Crippen LogP contribution in [0, 0.1) is 0 Å². The molecule has 2 N–H and O–H groups in total. The van der Waals surface area contributed by atoms with Crippen LogP contribution in [0.4, 0.5) is 5.69 Å². The summed E-state index contributed by atoms with van der Waals surface area (Å²) in [7, 11) is 1.89. The van der Waals surface area contributed by atoms with Gasteiger partial charge in [-0.2, -0.15) is 5.10 Å². The summed E-state index contributed by atoms with van der Waals surface area (Å²) < 4.78 is 2.67. The topological polar surface area (TPSA) is 43.8 Å². The van der Waals surface area contributed by atoms with E-state index in [0.717, 1.165) is 21.1 Å². The molecule has 0 saturated carbocycles. The second kappa shape index (κ2) is 2.48. The van der Waals surface area contributed by atoms with E-state index in [-0.39, 0.29) is 0 Å². The molecule has 0 aliphatic carbocycles. The Kier molecular flexibility index (Phi) is 1.58. The van der Waals surface area contributed by atoms with Crippen LogP contribution in [0.25, 0.3) is 10.9 Å². The van der Waals surface area contributed by atoms with Crippen LogP contribution in [0.5, 0.6) is 0 Å². The van der Waals surface area contributed by atoms with Gasteiger partial charge < -0.3 is 5.73 Å². The number of anilines is 1. The molecule has 0 saturated heterocycles. The molecule has 2 aromatic rings. The predicted molar refractivity (Wildman–Crippen MR) is 52.8 cm³/mol. The molecular formula is C8H8BrN3. The summed E-state index contributed by atoms with van der Waals surface area (Å²) in [6.07, 6.45) is 1.94. The van der Waals surface area contributed by atoms with Gasteiger partial charge in [-0.1, -0.05) is 0 Å². The number of fused-ring (bicyclic) bond motifs is 1. The molecule has 0 spiro atoms. The Labute approximate surface area is 78.3 Å². The molecule has 0 radical (unpaired) electrons. The first kappa shape index (κ1) is 7.61. The van der Waals surface area contributed by atoms with Crippen molar-refractivity contribution in [3.8, 4) is 0 Å². The van der Waals surface area contributed by atoms with Crippen molar-refractivity contribution in [1.29, 1.82) is 0 Å². The lowest BCUT2D eigenvalue weighted by atomic mass is 10.2. The molecule has 3 nitrogen and oxygen atoms in total. The van der Waals surface area contributed by atoms with Crippen molar-refractivity contribution in [2.75, 3.05) is 5.73 Å².